The summed E-state index contributed by atoms with van der Waals surface area (Å²) in [4.78, 5) is 24.6. The first kappa shape index (κ1) is 16.5. The molecule has 5 nitrogen and oxygen atoms in total. The van der Waals surface area contributed by atoms with Gasteiger partial charge in [0, 0.05) is 26.1 Å². The molecule has 1 aliphatic heterocycles. The van der Waals surface area contributed by atoms with Gasteiger partial charge in [-0.2, -0.15) is 0 Å². The average Bonchev–Trinajstić information content (AvgIpc) is 2.37. The van der Waals surface area contributed by atoms with Crippen LogP contribution in [0.15, 0.2) is 11.6 Å². The molecule has 0 radical (unpaired) electrons. The summed E-state index contributed by atoms with van der Waals surface area (Å²) < 4.78 is 0. The zero-order valence-electron chi connectivity index (χ0n) is 12.7. The summed E-state index contributed by atoms with van der Waals surface area (Å²) in [5, 5.41) is 11.7. The number of urea groups is 1. The molecule has 2 atom stereocenters. The molecule has 0 spiro atoms. The largest absolute Gasteiger partial charge is 0.481 e. The molecule has 2 amide bonds. The van der Waals surface area contributed by atoms with Crippen LogP contribution >= 0.6 is 0 Å². The third-order valence-electron chi connectivity index (χ3n) is 3.81. The lowest BCUT2D eigenvalue weighted by atomic mass is 9.85. The first-order chi connectivity index (χ1) is 9.40. The normalized spacial score (nSPS) is 20.1. The first-order valence-electron chi connectivity index (χ1n) is 7.28. The van der Waals surface area contributed by atoms with Crippen LogP contribution in [0.2, 0.25) is 0 Å². The van der Waals surface area contributed by atoms with E-state index in [-0.39, 0.29) is 24.3 Å². The summed E-state index contributed by atoms with van der Waals surface area (Å²) >= 11 is 0. The summed E-state index contributed by atoms with van der Waals surface area (Å²) in [5.41, 5.74) is 1.18. The molecule has 114 valence electrons. The Labute approximate surface area is 121 Å². The number of aliphatic carboxylic acids is 1. The molecule has 0 bridgehead atoms. The van der Waals surface area contributed by atoms with Crippen LogP contribution in [0.3, 0.4) is 0 Å². The van der Waals surface area contributed by atoms with Gasteiger partial charge in [0.2, 0.25) is 0 Å². The number of amides is 2. The molecular formula is C15H26N2O3. The monoisotopic (exact) mass is 282 g/mol. The first-order valence-corrected chi connectivity index (χ1v) is 7.28. The second kappa shape index (κ2) is 7.92. The van der Waals surface area contributed by atoms with Crippen molar-refractivity contribution < 1.29 is 14.7 Å². The van der Waals surface area contributed by atoms with Crippen LogP contribution in [-0.4, -0.2) is 41.6 Å². The molecule has 0 aromatic carbocycles. The van der Waals surface area contributed by atoms with Gasteiger partial charge in [0.15, 0.2) is 0 Å². The Balaban J connectivity index is 2.45. The number of nitrogens with one attached hydrogen (secondary N) is 1. The Kier molecular flexibility index (Phi) is 6.55. The van der Waals surface area contributed by atoms with Gasteiger partial charge in [-0.15, -0.1) is 0 Å². The van der Waals surface area contributed by atoms with Gasteiger partial charge in [-0.05, 0) is 38.5 Å². The zero-order valence-corrected chi connectivity index (χ0v) is 12.7. The second-order valence-electron chi connectivity index (χ2n) is 5.89. The SMILES string of the molecule is CC(C)=CCNC(=O)N1CCCC(C(C)CC(=O)O)C1. The molecule has 1 aliphatic rings. The van der Waals surface area contributed by atoms with Gasteiger partial charge in [0.05, 0.1) is 0 Å². The van der Waals surface area contributed by atoms with E-state index in [1.807, 2.05) is 31.7 Å². The summed E-state index contributed by atoms with van der Waals surface area (Å²) in [6.07, 6.45) is 4.11. The predicted octanol–water partition coefficient (Wildman–Crippen LogP) is 2.49. The number of carboxylic acids is 1. The molecule has 1 saturated heterocycles. The standard InChI is InChI=1S/C15H26N2O3/c1-11(2)6-7-16-15(20)17-8-4-5-13(10-17)12(3)9-14(18)19/h6,12-13H,4-5,7-10H2,1-3H3,(H,16,20)(H,18,19). The molecule has 1 heterocycles. The molecule has 20 heavy (non-hydrogen) atoms. The molecule has 0 aromatic heterocycles. The van der Waals surface area contributed by atoms with Crippen molar-refractivity contribution >= 4 is 12.0 Å². The van der Waals surface area contributed by atoms with Crippen LogP contribution in [0.25, 0.3) is 0 Å². The van der Waals surface area contributed by atoms with E-state index >= 15 is 0 Å². The Morgan fingerprint density at radius 1 is 1.45 bits per heavy atom. The van der Waals surface area contributed by atoms with Gasteiger partial charge in [-0.3, -0.25) is 4.79 Å². The molecule has 2 N–H and O–H groups in total. The maximum absolute atomic E-state index is 12.0. The van der Waals surface area contributed by atoms with Crippen LogP contribution in [0.4, 0.5) is 4.79 Å². The number of carbonyl (C=O) groups excluding carboxylic acids is 1. The zero-order chi connectivity index (χ0) is 15.1. The highest BCUT2D eigenvalue weighted by Gasteiger charge is 2.28. The molecule has 0 saturated carbocycles. The van der Waals surface area contributed by atoms with E-state index in [1.54, 1.807) is 0 Å². The minimum atomic E-state index is -0.761. The van der Waals surface area contributed by atoms with Gasteiger partial charge < -0.3 is 15.3 Å². The second-order valence-corrected chi connectivity index (χ2v) is 5.89. The molecule has 0 aromatic rings. The van der Waals surface area contributed by atoms with Crippen LogP contribution in [0, 0.1) is 11.8 Å². The van der Waals surface area contributed by atoms with E-state index in [2.05, 4.69) is 5.32 Å². The number of piperidine rings is 1. The molecular weight excluding hydrogens is 256 g/mol. The Hall–Kier alpha value is -1.52. The average molecular weight is 282 g/mol. The minimum absolute atomic E-state index is 0.0466. The van der Waals surface area contributed by atoms with Gasteiger partial charge in [0.25, 0.3) is 0 Å². The van der Waals surface area contributed by atoms with E-state index in [9.17, 15) is 9.59 Å². The van der Waals surface area contributed by atoms with Crippen LogP contribution < -0.4 is 5.32 Å². The highest BCUT2D eigenvalue weighted by Crippen LogP contribution is 2.26. The molecule has 2 unspecified atom stereocenters. The number of allylic oxidation sites excluding steroid dienone is 1. The quantitative estimate of drug-likeness (QED) is 0.761. The minimum Gasteiger partial charge on any atom is -0.481 e. The van der Waals surface area contributed by atoms with Gasteiger partial charge in [0.1, 0.15) is 0 Å². The third kappa shape index (κ3) is 5.63. The smallest absolute Gasteiger partial charge is 0.317 e. The Morgan fingerprint density at radius 3 is 2.75 bits per heavy atom. The number of hydrogen-bond acceptors (Lipinski definition) is 2. The van der Waals surface area contributed by atoms with Crippen molar-refractivity contribution in [3.05, 3.63) is 11.6 Å². The maximum Gasteiger partial charge on any atom is 0.317 e. The number of carboxylic acid groups (broad SMARTS) is 1. The molecule has 0 aliphatic carbocycles. The molecule has 1 rings (SSSR count). The number of carbonyl (C=O) groups is 2. The Bertz CT molecular complexity index is 375. The van der Waals surface area contributed by atoms with Crippen molar-refractivity contribution in [1.29, 1.82) is 0 Å². The third-order valence-corrected chi connectivity index (χ3v) is 3.81. The lowest BCUT2D eigenvalue weighted by Crippen LogP contribution is -2.46. The van der Waals surface area contributed by atoms with E-state index in [4.69, 9.17) is 5.11 Å². The summed E-state index contributed by atoms with van der Waals surface area (Å²) in [5.74, 6) is -0.363. The van der Waals surface area contributed by atoms with Crippen LogP contribution in [-0.2, 0) is 4.79 Å². The molecule has 1 fully saturated rings. The van der Waals surface area contributed by atoms with Gasteiger partial charge in [-0.1, -0.05) is 18.6 Å². The van der Waals surface area contributed by atoms with Crippen molar-refractivity contribution in [2.45, 2.75) is 40.0 Å². The number of likely N-dealkylation sites (tertiary alicyclic amines) is 1. The predicted molar refractivity (Wildman–Crippen MR) is 78.5 cm³/mol. The maximum atomic E-state index is 12.0. The summed E-state index contributed by atoms with van der Waals surface area (Å²) in [7, 11) is 0. The highest BCUT2D eigenvalue weighted by atomic mass is 16.4. The lowest BCUT2D eigenvalue weighted by Gasteiger charge is -2.35. The van der Waals surface area contributed by atoms with Crippen LogP contribution in [0.1, 0.15) is 40.0 Å². The van der Waals surface area contributed by atoms with Crippen molar-refractivity contribution in [2.75, 3.05) is 19.6 Å². The number of rotatable bonds is 5. The number of hydrogen-bond donors (Lipinski definition) is 2. The van der Waals surface area contributed by atoms with Gasteiger partial charge in [-0.25, -0.2) is 4.79 Å². The van der Waals surface area contributed by atoms with Gasteiger partial charge >= 0.3 is 12.0 Å². The van der Waals surface area contributed by atoms with Crippen molar-refractivity contribution in [3.8, 4) is 0 Å². The van der Waals surface area contributed by atoms with E-state index in [1.165, 1.54) is 5.57 Å². The van der Waals surface area contributed by atoms with Crippen molar-refractivity contribution in [1.82, 2.24) is 10.2 Å². The fourth-order valence-corrected chi connectivity index (χ4v) is 2.56. The molecule has 5 heteroatoms. The lowest BCUT2D eigenvalue weighted by molar-refractivity contribution is -0.138. The van der Waals surface area contributed by atoms with Crippen molar-refractivity contribution in [3.63, 3.8) is 0 Å². The van der Waals surface area contributed by atoms with Crippen molar-refractivity contribution in [2.24, 2.45) is 11.8 Å². The van der Waals surface area contributed by atoms with E-state index in [0.717, 1.165) is 19.4 Å². The highest BCUT2D eigenvalue weighted by molar-refractivity contribution is 5.74. The summed E-state index contributed by atoms with van der Waals surface area (Å²) in [6.45, 7) is 7.93. The van der Waals surface area contributed by atoms with Crippen LogP contribution in [0.5, 0.6) is 0 Å². The van der Waals surface area contributed by atoms with E-state index < -0.39 is 5.97 Å². The Morgan fingerprint density at radius 2 is 2.15 bits per heavy atom. The van der Waals surface area contributed by atoms with E-state index in [0.29, 0.717) is 13.1 Å². The fourth-order valence-electron chi connectivity index (χ4n) is 2.56. The topological polar surface area (TPSA) is 69.6 Å². The number of nitrogens with zero attached hydrogens (tertiary/aromatic N) is 1. The fraction of sp³-hybridized carbons (Fsp3) is 0.733. The summed E-state index contributed by atoms with van der Waals surface area (Å²) in [6, 6.07) is -0.0466.